The van der Waals surface area contributed by atoms with Crippen molar-refractivity contribution in [3.63, 3.8) is 0 Å². The summed E-state index contributed by atoms with van der Waals surface area (Å²) in [5.41, 5.74) is 8.36. The quantitative estimate of drug-likeness (QED) is 0.796. The standard InChI is InChI=1S/C13H21N5/c1-4-5-6-7-11-17-12-9(14)8-10(15-2)16-13(12)18(11)3/h8H,4-7H2,1-3H3,(H3,14,15,16). The van der Waals surface area contributed by atoms with E-state index in [9.17, 15) is 0 Å². The van der Waals surface area contributed by atoms with Crippen molar-refractivity contribution < 1.29 is 0 Å². The van der Waals surface area contributed by atoms with E-state index in [0.29, 0.717) is 5.69 Å². The Labute approximate surface area is 107 Å². The largest absolute Gasteiger partial charge is 0.397 e. The molecule has 0 bridgehead atoms. The second kappa shape index (κ2) is 5.25. The Morgan fingerprint density at radius 1 is 1.33 bits per heavy atom. The molecule has 0 unspecified atom stereocenters. The molecule has 5 heteroatoms. The number of anilines is 2. The summed E-state index contributed by atoms with van der Waals surface area (Å²) in [4.78, 5) is 9.12. The normalized spacial score (nSPS) is 11.1. The third-order valence-electron chi connectivity index (χ3n) is 3.21. The van der Waals surface area contributed by atoms with Crippen molar-refractivity contribution in [3.05, 3.63) is 11.9 Å². The zero-order valence-electron chi connectivity index (χ0n) is 11.3. The Kier molecular flexibility index (Phi) is 3.69. The van der Waals surface area contributed by atoms with Gasteiger partial charge < -0.3 is 15.6 Å². The van der Waals surface area contributed by atoms with E-state index in [-0.39, 0.29) is 0 Å². The lowest BCUT2D eigenvalue weighted by Gasteiger charge is -2.03. The van der Waals surface area contributed by atoms with Crippen LogP contribution in [0.15, 0.2) is 6.07 Å². The molecule has 0 radical (unpaired) electrons. The number of nitrogen functional groups attached to an aromatic ring is 1. The fourth-order valence-corrected chi connectivity index (χ4v) is 2.10. The predicted octanol–water partition coefficient (Wildman–Crippen LogP) is 2.32. The molecule has 0 spiro atoms. The lowest BCUT2D eigenvalue weighted by atomic mass is 10.2. The summed E-state index contributed by atoms with van der Waals surface area (Å²) in [6, 6.07) is 1.82. The smallest absolute Gasteiger partial charge is 0.164 e. The number of hydrogen-bond donors (Lipinski definition) is 2. The van der Waals surface area contributed by atoms with Gasteiger partial charge in [-0.15, -0.1) is 0 Å². The number of aryl methyl sites for hydroxylation is 2. The third kappa shape index (κ3) is 2.25. The Morgan fingerprint density at radius 2 is 2.11 bits per heavy atom. The Bertz CT molecular complexity index is 544. The molecule has 0 saturated heterocycles. The molecule has 5 nitrogen and oxygen atoms in total. The van der Waals surface area contributed by atoms with E-state index in [1.54, 1.807) is 0 Å². The molecular weight excluding hydrogens is 226 g/mol. The first kappa shape index (κ1) is 12.7. The fourth-order valence-electron chi connectivity index (χ4n) is 2.10. The first-order chi connectivity index (χ1) is 8.67. The van der Waals surface area contributed by atoms with Gasteiger partial charge in [0.2, 0.25) is 0 Å². The highest BCUT2D eigenvalue weighted by molar-refractivity contribution is 5.86. The van der Waals surface area contributed by atoms with Crippen molar-refractivity contribution in [1.29, 1.82) is 0 Å². The van der Waals surface area contributed by atoms with Crippen LogP contribution in [0.5, 0.6) is 0 Å². The SMILES string of the molecule is CCCCCc1nc2c(N)cc(NC)nc2n1C. The monoisotopic (exact) mass is 247 g/mol. The van der Waals surface area contributed by atoms with E-state index < -0.39 is 0 Å². The lowest BCUT2D eigenvalue weighted by molar-refractivity contribution is 0.675. The third-order valence-corrected chi connectivity index (χ3v) is 3.21. The first-order valence-electron chi connectivity index (χ1n) is 6.47. The summed E-state index contributed by atoms with van der Waals surface area (Å²) in [5, 5.41) is 3.02. The van der Waals surface area contributed by atoms with Crippen molar-refractivity contribution in [2.24, 2.45) is 7.05 Å². The van der Waals surface area contributed by atoms with Crippen molar-refractivity contribution in [1.82, 2.24) is 14.5 Å². The van der Waals surface area contributed by atoms with Gasteiger partial charge in [0.05, 0.1) is 5.69 Å². The summed E-state index contributed by atoms with van der Waals surface area (Å²) in [7, 11) is 3.84. The van der Waals surface area contributed by atoms with Crippen molar-refractivity contribution in [2.45, 2.75) is 32.6 Å². The topological polar surface area (TPSA) is 68.8 Å². The van der Waals surface area contributed by atoms with E-state index in [2.05, 4.69) is 22.2 Å². The number of nitrogens with zero attached hydrogens (tertiary/aromatic N) is 3. The molecule has 0 aliphatic rings. The molecule has 18 heavy (non-hydrogen) atoms. The van der Waals surface area contributed by atoms with E-state index in [1.165, 1.54) is 12.8 Å². The molecule has 98 valence electrons. The number of unbranched alkanes of at least 4 members (excludes halogenated alkanes) is 2. The molecule has 0 atom stereocenters. The van der Waals surface area contributed by atoms with Gasteiger partial charge in [-0.25, -0.2) is 9.97 Å². The van der Waals surface area contributed by atoms with Gasteiger partial charge in [-0.3, -0.25) is 0 Å². The average molecular weight is 247 g/mol. The molecule has 0 aliphatic heterocycles. The van der Waals surface area contributed by atoms with E-state index in [0.717, 1.165) is 35.6 Å². The highest BCUT2D eigenvalue weighted by Crippen LogP contribution is 2.23. The molecule has 2 aromatic heterocycles. The van der Waals surface area contributed by atoms with Gasteiger partial charge in [-0.2, -0.15) is 0 Å². The zero-order chi connectivity index (χ0) is 13.1. The molecule has 0 aromatic carbocycles. The van der Waals surface area contributed by atoms with Crippen LogP contribution in [0.4, 0.5) is 11.5 Å². The van der Waals surface area contributed by atoms with Gasteiger partial charge >= 0.3 is 0 Å². The number of pyridine rings is 1. The molecule has 2 heterocycles. The minimum absolute atomic E-state index is 0.682. The van der Waals surface area contributed by atoms with Crippen molar-refractivity contribution >= 4 is 22.7 Å². The molecule has 0 amide bonds. The van der Waals surface area contributed by atoms with E-state index in [1.807, 2.05) is 24.7 Å². The molecule has 0 fully saturated rings. The molecule has 2 aromatic rings. The Morgan fingerprint density at radius 3 is 2.78 bits per heavy atom. The second-order valence-electron chi connectivity index (χ2n) is 4.56. The molecule has 0 aliphatic carbocycles. The fraction of sp³-hybridized carbons (Fsp3) is 0.538. The highest BCUT2D eigenvalue weighted by Gasteiger charge is 2.12. The molecule has 3 N–H and O–H groups in total. The molecular formula is C13H21N5. The Balaban J connectivity index is 2.39. The van der Waals surface area contributed by atoms with Gasteiger partial charge in [0, 0.05) is 26.6 Å². The van der Waals surface area contributed by atoms with Crippen LogP contribution in [0.3, 0.4) is 0 Å². The number of fused-ring (bicyclic) bond motifs is 1. The van der Waals surface area contributed by atoms with E-state index in [4.69, 9.17) is 5.73 Å². The minimum Gasteiger partial charge on any atom is -0.397 e. The first-order valence-corrected chi connectivity index (χ1v) is 6.47. The van der Waals surface area contributed by atoms with Gasteiger partial charge in [-0.1, -0.05) is 19.8 Å². The van der Waals surface area contributed by atoms with Crippen LogP contribution in [0.25, 0.3) is 11.2 Å². The summed E-state index contributed by atoms with van der Waals surface area (Å²) >= 11 is 0. The highest BCUT2D eigenvalue weighted by atomic mass is 15.1. The maximum Gasteiger partial charge on any atom is 0.164 e. The Hall–Kier alpha value is -1.78. The number of nitrogens with one attached hydrogen (secondary N) is 1. The number of rotatable bonds is 5. The predicted molar refractivity (Wildman–Crippen MR) is 75.7 cm³/mol. The minimum atomic E-state index is 0.682. The molecule has 2 rings (SSSR count). The zero-order valence-corrected chi connectivity index (χ0v) is 11.3. The number of aromatic nitrogens is 3. The summed E-state index contributed by atoms with van der Waals surface area (Å²) in [6.45, 7) is 2.20. The van der Waals surface area contributed by atoms with Crippen LogP contribution in [-0.4, -0.2) is 21.6 Å². The van der Waals surface area contributed by atoms with Gasteiger partial charge in [0.15, 0.2) is 5.65 Å². The van der Waals surface area contributed by atoms with Crippen molar-refractivity contribution in [2.75, 3.05) is 18.1 Å². The maximum absolute atomic E-state index is 6.01. The van der Waals surface area contributed by atoms with Crippen LogP contribution < -0.4 is 11.1 Å². The summed E-state index contributed by atoms with van der Waals surface area (Å²) in [6.07, 6.45) is 4.59. The van der Waals surface area contributed by atoms with Gasteiger partial charge in [0.25, 0.3) is 0 Å². The van der Waals surface area contributed by atoms with E-state index >= 15 is 0 Å². The van der Waals surface area contributed by atoms with Gasteiger partial charge in [0.1, 0.15) is 17.2 Å². The number of imidazole rings is 1. The lowest BCUT2D eigenvalue weighted by Crippen LogP contribution is -2.00. The molecule has 0 saturated carbocycles. The van der Waals surface area contributed by atoms with Crippen molar-refractivity contribution in [3.8, 4) is 0 Å². The van der Waals surface area contributed by atoms with Gasteiger partial charge in [-0.05, 0) is 6.42 Å². The number of hydrogen-bond acceptors (Lipinski definition) is 4. The van der Waals surface area contributed by atoms with Crippen LogP contribution >= 0.6 is 0 Å². The van der Waals surface area contributed by atoms with Crippen LogP contribution in [0.2, 0.25) is 0 Å². The maximum atomic E-state index is 6.01. The second-order valence-corrected chi connectivity index (χ2v) is 4.56. The van der Waals surface area contributed by atoms with Crippen LogP contribution in [-0.2, 0) is 13.5 Å². The van der Waals surface area contributed by atoms with Crippen LogP contribution in [0, 0.1) is 0 Å². The van der Waals surface area contributed by atoms with Crippen LogP contribution in [0.1, 0.15) is 32.0 Å². The summed E-state index contributed by atoms with van der Waals surface area (Å²) in [5.74, 6) is 1.84. The number of nitrogens with two attached hydrogens (primary N) is 1. The average Bonchev–Trinajstić information content (AvgIpc) is 2.68. The summed E-state index contributed by atoms with van der Waals surface area (Å²) < 4.78 is 2.04.